The Labute approximate surface area is 217 Å². The molecule has 0 saturated carbocycles. The Balaban J connectivity index is 1.67. The van der Waals surface area contributed by atoms with Crippen LogP contribution in [0.2, 0.25) is 0 Å². The van der Waals surface area contributed by atoms with E-state index in [1.54, 1.807) is 45.4 Å². The number of furan rings is 1. The highest BCUT2D eigenvalue weighted by molar-refractivity contribution is 7.07. The molecule has 5 aromatic rings. The number of hydrogen-bond donors (Lipinski definition) is 0. The monoisotopic (exact) mass is 515 g/mol. The van der Waals surface area contributed by atoms with Gasteiger partial charge in [0.1, 0.15) is 22.8 Å². The highest BCUT2D eigenvalue weighted by Gasteiger charge is 2.14. The van der Waals surface area contributed by atoms with Gasteiger partial charge in [-0.2, -0.15) is 5.10 Å². The number of fused-ring (bicyclic) bond motifs is 1. The minimum atomic E-state index is 0.566. The van der Waals surface area contributed by atoms with Crippen LogP contribution in [0.15, 0.2) is 86.6 Å². The molecule has 0 aliphatic rings. The fraction of sp³-hybridized carbons (Fsp3) is 0.143. The molecular weight excluding hydrogens is 490 g/mol. The topological polar surface area (TPSA) is 79.7 Å². The average molecular weight is 516 g/mol. The van der Waals surface area contributed by atoms with Gasteiger partial charge in [-0.25, -0.2) is 9.67 Å². The highest BCUT2D eigenvalue weighted by Crippen LogP contribution is 2.34. The van der Waals surface area contributed by atoms with Crippen molar-refractivity contribution in [1.29, 1.82) is 0 Å². The molecule has 0 unspecified atom stereocenters. The van der Waals surface area contributed by atoms with Gasteiger partial charge in [-0.05, 0) is 30.3 Å². The van der Waals surface area contributed by atoms with Gasteiger partial charge in [0, 0.05) is 28.5 Å². The zero-order valence-electron chi connectivity index (χ0n) is 20.8. The molecule has 2 aromatic heterocycles. The molecule has 0 N–H and O–H groups in total. The number of hydrogen-bond acceptors (Lipinski definition) is 8. The molecule has 0 radical (unpaired) electrons. The van der Waals surface area contributed by atoms with Crippen molar-refractivity contribution < 1.29 is 23.4 Å². The van der Waals surface area contributed by atoms with Crippen LogP contribution in [-0.2, 0) is 0 Å². The maximum Gasteiger partial charge on any atom is 0.211 e. The van der Waals surface area contributed by atoms with Gasteiger partial charge in [0.2, 0.25) is 4.80 Å². The largest absolute Gasteiger partial charge is 0.497 e. The van der Waals surface area contributed by atoms with Crippen LogP contribution in [0.1, 0.15) is 5.56 Å². The summed E-state index contributed by atoms with van der Waals surface area (Å²) >= 11 is 1.45. The lowest BCUT2D eigenvalue weighted by molar-refractivity contribution is 0.349. The first kappa shape index (κ1) is 24.2. The molecule has 3 aromatic carbocycles. The van der Waals surface area contributed by atoms with E-state index in [4.69, 9.17) is 33.5 Å². The lowest BCUT2D eigenvalue weighted by Gasteiger charge is -2.11. The number of aromatic nitrogens is 1. The van der Waals surface area contributed by atoms with Gasteiger partial charge in [0.25, 0.3) is 0 Å². The van der Waals surface area contributed by atoms with E-state index in [0.29, 0.717) is 33.4 Å². The second kappa shape index (κ2) is 10.6. The summed E-state index contributed by atoms with van der Waals surface area (Å²) < 4.78 is 29.7. The van der Waals surface area contributed by atoms with Crippen molar-refractivity contribution in [2.45, 2.75) is 0 Å². The smallest absolute Gasteiger partial charge is 0.211 e. The Kier molecular flexibility index (Phi) is 6.96. The third-order valence-electron chi connectivity index (χ3n) is 5.69. The normalized spacial score (nSPS) is 11.8. The minimum Gasteiger partial charge on any atom is -0.497 e. The quantitative estimate of drug-likeness (QED) is 0.233. The average Bonchev–Trinajstić information content (AvgIpc) is 3.55. The first-order chi connectivity index (χ1) is 18.1. The summed E-state index contributed by atoms with van der Waals surface area (Å²) in [5.74, 6) is 3.13. The zero-order chi connectivity index (χ0) is 25.8. The predicted octanol–water partition coefficient (Wildman–Crippen LogP) is 6.11. The van der Waals surface area contributed by atoms with Crippen LogP contribution < -0.4 is 23.7 Å². The van der Waals surface area contributed by atoms with Gasteiger partial charge in [0.05, 0.1) is 40.3 Å². The highest BCUT2D eigenvalue weighted by atomic mass is 32.1. The molecule has 0 aliphatic heterocycles. The number of methoxy groups -OCH3 is 4. The number of thiazole rings is 1. The second-order valence-corrected chi connectivity index (χ2v) is 8.71. The van der Waals surface area contributed by atoms with E-state index in [-0.39, 0.29) is 0 Å². The van der Waals surface area contributed by atoms with Crippen molar-refractivity contribution in [1.82, 2.24) is 4.68 Å². The fourth-order valence-corrected chi connectivity index (χ4v) is 4.67. The molecule has 0 spiro atoms. The van der Waals surface area contributed by atoms with Gasteiger partial charge in [-0.3, -0.25) is 0 Å². The zero-order valence-corrected chi connectivity index (χ0v) is 21.6. The molecule has 9 heteroatoms. The molecule has 0 atom stereocenters. The third kappa shape index (κ3) is 4.94. The Morgan fingerprint density at radius 1 is 0.811 bits per heavy atom. The van der Waals surface area contributed by atoms with Crippen molar-refractivity contribution in [3.63, 3.8) is 0 Å². The summed E-state index contributed by atoms with van der Waals surface area (Å²) in [6.07, 6.45) is 1.70. The number of para-hydroxylation sites is 1. The number of nitrogens with zero attached hydrogens (tertiary/aromatic N) is 3. The van der Waals surface area contributed by atoms with E-state index in [1.807, 2.05) is 66.0 Å². The van der Waals surface area contributed by atoms with E-state index in [0.717, 1.165) is 28.1 Å². The summed E-state index contributed by atoms with van der Waals surface area (Å²) in [7, 11) is 6.40. The van der Waals surface area contributed by atoms with Crippen molar-refractivity contribution in [2.75, 3.05) is 28.4 Å². The summed E-state index contributed by atoms with van der Waals surface area (Å²) in [5.41, 5.74) is 3.01. The lowest BCUT2D eigenvalue weighted by atomic mass is 10.2. The Morgan fingerprint density at radius 2 is 1.59 bits per heavy atom. The van der Waals surface area contributed by atoms with Gasteiger partial charge in [-0.1, -0.05) is 24.3 Å². The van der Waals surface area contributed by atoms with Gasteiger partial charge < -0.3 is 23.4 Å². The number of benzene rings is 3. The molecule has 0 aliphatic carbocycles. The Hall–Kier alpha value is -4.50. The van der Waals surface area contributed by atoms with Crippen molar-refractivity contribution in [3.8, 4) is 34.5 Å². The summed E-state index contributed by atoms with van der Waals surface area (Å²) in [4.78, 5) is 5.49. The van der Waals surface area contributed by atoms with E-state index in [9.17, 15) is 0 Å². The molecule has 188 valence electrons. The Morgan fingerprint density at radius 3 is 2.35 bits per heavy atom. The van der Waals surface area contributed by atoms with Gasteiger partial charge in [-0.15, -0.1) is 11.3 Å². The van der Waals surface area contributed by atoms with Crippen molar-refractivity contribution in [3.05, 3.63) is 82.5 Å². The number of ether oxygens (including phenoxy) is 4. The van der Waals surface area contributed by atoms with Crippen LogP contribution in [0, 0.1) is 0 Å². The maximum atomic E-state index is 6.15. The predicted molar refractivity (Wildman–Crippen MR) is 145 cm³/mol. The summed E-state index contributed by atoms with van der Waals surface area (Å²) in [6, 6.07) is 21.0. The number of rotatable bonds is 8. The third-order valence-corrected chi connectivity index (χ3v) is 6.51. The minimum absolute atomic E-state index is 0.566. The molecule has 2 heterocycles. The first-order valence-electron chi connectivity index (χ1n) is 11.4. The SMILES string of the molecule is COc1cccc(N=c2scc(-c3cc4ccccc4o3)n2N=Cc2cc(OC)c(OC)cc2OC)c1. The van der Waals surface area contributed by atoms with E-state index in [1.165, 1.54) is 11.3 Å². The Bertz CT molecular complexity index is 1610. The van der Waals surface area contributed by atoms with Crippen LogP contribution in [0.3, 0.4) is 0 Å². The fourth-order valence-electron chi connectivity index (χ4n) is 3.83. The lowest BCUT2D eigenvalue weighted by Crippen LogP contribution is -2.11. The molecule has 5 rings (SSSR count). The van der Waals surface area contributed by atoms with E-state index < -0.39 is 0 Å². The van der Waals surface area contributed by atoms with Crippen LogP contribution in [0.25, 0.3) is 22.4 Å². The summed E-state index contributed by atoms with van der Waals surface area (Å²) in [6.45, 7) is 0. The molecule has 8 nitrogen and oxygen atoms in total. The molecular formula is C28H25N3O5S. The standard InChI is InChI=1S/C28H25N3O5S/c1-32-21-10-7-9-20(14-21)30-28-31(22(17-37-28)25-12-18-8-5-6-11-23(18)36-25)29-16-19-13-26(34-3)27(35-4)15-24(19)33-2/h5-17H,1-4H3. The van der Waals surface area contributed by atoms with Crippen molar-refractivity contribution in [2.24, 2.45) is 10.1 Å². The second-order valence-electron chi connectivity index (χ2n) is 7.87. The molecule has 0 fully saturated rings. The van der Waals surface area contributed by atoms with E-state index in [2.05, 4.69) is 0 Å². The van der Waals surface area contributed by atoms with Crippen LogP contribution in [-0.4, -0.2) is 39.3 Å². The van der Waals surface area contributed by atoms with Gasteiger partial charge in [0.15, 0.2) is 17.3 Å². The molecule has 0 saturated heterocycles. The van der Waals surface area contributed by atoms with Crippen molar-refractivity contribution >= 4 is 34.2 Å². The maximum absolute atomic E-state index is 6.15. The molecule has 37 heavy (non-hydrogen) atoms. The molecule has 0 amide bonds. The van der Waals surface area contributed by atoms with E-state index >= 15 is 0 Å². The van der Waals surface area contributed by atoms with Crippen LogP contribution in [0.4, 0.5) is 5.69 Å². The van der Waals surface area contributed by atoms with Crippen LogP contribution >= 0.6 is 11.3 Å². The molecule has 0 bridgehead atoms. The summed E-state index contributed by atoms with van der Waals surface area (Å²) in [5, 5.41) is 7.78. The van der Waals surface area contributed by atoms with Crippen LogP contribution in [0.5, 0.6) is 23.0 Å². The first-order valence-corrected chi connectivity index (χ1v) is 12.2. The van der Waals surface area contributed by atoms with Gasteiger partial charge >= 0.3 is 0 Å².